The summed E-state index contributed by atoms with van der Waals surface area (Å²) in [5, 5.41) is 2.82. The molecule has 1 N–H and O–H groups in total. The van der Waals surface area contributed by atoms with Gasteiger partial charge in [0.05, 0.1) is 13.5 Å². The van der Waals surface area contributed by atoms with Crippen LogP contribution in [0.2, 0.25) is 0 Å². The average molecular weight is 355 g/mol. The second kappa shape index (κ2) is 9.61. The molecule has 0 aromatic heterocycles. The average Bonchev–Trinajstić information content (AvgIpc) is 2.67. The minimum Gasteiger partial charge on any atom is -0.484 e. The smallest absolute Gasteiger partial charge is 0.309 e. The lowest BCUT2D eigenvalue weighted by atomic mass is 9.99. The molecule has 0 aliphatic carbocycles. The van der Waals surface area contributed by atoms with Gasteiger partial charge in [-0.15, -0.1) is 0 Å². The maximum absolute atomic E-state index is 12.0. The molecule has 5 heteroatoms. The minimum absolute atomic E-state index is 0.0799. The topological polar surface area (TPSA) is 64.6 Å². The summed E-state index contributed by atoms with van der Waals surface area (Å²) >= 11 is 0. The first-order chi connectivity index (χ1) is 12.5. The van der Waals surface area contributed by atoms with Gasteiger partial charge in [0.1, 0.15) is 5.75 Å². The second-order valence-corrected chi connectivity index (χ2v) is 6.17. The van der Waals surface area contributed by atoms with Crippen LogP contribution in [0, 0.1) is 0 Å². The molecule has 2 rings (SSSR count). The first-order valence-corrected chi connectivity index (χ1v) is 8.70. The molecule has 0 saturated carbocycles. The van der Waals surface area contributed by atoms with Gasteiger partial charge in [0.25, 0.3) is 5.91 Å². The summed E-state index contributed by atoms with van der Waals surface area (Å²) in [6, 6.07) is 14.9. The van der Waals surface area contributed by atoms with Crippen LogP contribution in [0.3, 0.4) is 0 Å². The Kier molecular flexibility index (Phi) is 7.21. The normalized spacial score (nSPS) is 11.5. The summed E-state index contributed by atoms with van der Waals surface area (Å²) in [4.78, 5) is 23.2. The minimum atomic E-state index is -0.294. The molecule has 138 valence electrons. The van der Waals surface area contributed by atoms with Crippen molar-refractivity contribution in [2.45, 2.75) is 32.6 Å². The molecule has 0 aliphatic heterocycles. The lowest BCUT2D eigenvalue weighted by Crippen LogP contribution is -2.20. The highest BCUT2D eigenvalue weighted by atomic mass is 16.5. The van der Waals surface area contributed by atoms with Crippen LogP contribution in [-0.2, 0) is 20.7 Å². The lowest BCUT2D eigenvalue weighted by molar-refractivity contribution is -0.139. The Morgan fingerprint density at radius 3 is 2.27 bits per heavy atom. The zero-order valence-corrected chi connectivity index (χ0v) is 15.5. The van der Waals surface area contributed by atoms with Gasteiger partial charge in [-0.2, -0.15) is 0 Å². The summed E-state index contributed by atoms with van der Waals surface area (Å²) in [7, 11) is 1.36. The maximum Gasteiger partial charge on any atom is 0.309 e. The van der Waals surface area contributed by atoms with Gasteiger partial charge in [0.2, 0.25) is 0 Å². The Labute approximate surface area is 154 Å². The number of benzene rings is 2. The summed E-state index contributed by atoms with van der Waals surface area (Å²) in [5.41, 5.74) is 2.84. The molecule has 0 radical (unpaired) electrons. The Morgan fingerprint density at radius 2 is 1.69 bits per heavy atom. The molecule has 2 aromatic carbocycles. The molecule has 0 fully saturated rings. The van der Waals surface area contributed by atoms with Gasteiger partial charge in [-0.05, 0) is 47.7 Å². The van der Waals surface area contributed by atoms with Crippen LogP contribution in [0.15, 0.2) is 48.5 Å². The number of nitrogens with one attached hydrogen (secondary N) is 1. The molecule has 5 nitrogen and oxygen atoms in total. The first-order valence-electron chi connectivity index (χ1n) is 8.70. The SMILES string of the molecule is CCC(C)c1ccc(NC(=O)COc2ccc(CC(=O)OC)cc2)cc1. The molecule has 0 aliphatic rings. The van der Waals surface area contributed by atoms with Crippen molar-refractivity contribution < 1.29 is 19.1 Å². The monoisotopic (exact) mass is 355 g/mol. The van der Waals surface area contributed by atoms with E-state index in [1.54, 1.807) is 24.3 Å². The zero-order chi connectivity index (χ0) is 18.9. The summed E-state index contributed by atoms with van der Waals surface area (Å²) in [6.07, 6.45) is 1.29. The number of carbonyl (C=O) groups excluding carboxylic acids is 2. The van der Waals surface area contributed by atoms with E-state index in [9.17, 15) is 9.59 Å². The van der Waals surface area contributed by atoms with E-state index in [0.29, 0.717) is 11.7 Å². The van der Waals surface area contributed by atoms with E-state index < -0.39 is 0 Å². The van der Waals surface area contributed by atoms with Crippen molar-refractivity contribution in [2.24, 2.45) is 0 Å². The standard InChI is InChI=1S/C21H25NO4/c1-4-15(2)17-7-9-18(10-8-17)22-20(23)14-26-19-11-5-16(6-12-19)13-21(24)25-3/h5-12,15H,4,13-14H2,1-3H3,(H,22,23). The molecule has 1 amide bonds. The van der Waals surface area contributed by atoms with Gasteiger partial charge in [-0.25, -0.2) is 0 Å². The van der Waals surface area contributed by atoms with E-state index in [4.69, 9.17) is 4.74 Å². The Morgan fingerprint density at radius 1 is 1.04 bits per heavy atom. The number of hydrogen-bond acceptors (Lipinski definition) is 4. The molecule has 26 heavy (non-hydrogen) atoms. The van der Waals surface area contributed by atoms with Crippen LogP contribution < -0.4 is 10.1 Å². The van der Waals surface area contributed by atoms with E-state index in [1.165, 1.54) is 12.7 Å². The van der Waals surface area contributed by atoms with Crippen molar-refractivity contribution >= 4 is 17.6 Å². The van der Waals surface area contributed by atoms with Gasteiger partial charge in [-0.3, -0.25) is 9.59 Å². The zero-order valence-electron chi connectivity index (χ0n) is 15.5. The number of methoxy groups -OCH3 is 1. The first kappa shape index (κ1) is 19.5. The molecule has 0 bridgehead atoms. The number of anilines is 1. The summed E-state index contributed by atoms with van der Waals surface area (Å²) < 4.78 is 10.1. The molecular formula is C21H25NO4. The second-order valence-electron chi connectivity index (χ2n) is 6.17. The predicted molar refractivity (Wildman–Crippen MR) is 101 cm³/mol. The Balaban J connectivity index is 1.82. The van der Waals surface area contributed by atoms with E-state index >= 15 is 0 Å². The number of rotatable bonds is 8. The maximum atomic E-state index is 12.0. The molecule has 0 saturated heterocycles. The van der Waals surface area contributed by atoms with Crippen LogP contribution >= 0.6 is 0 Å². The van der Waals surface area contributed by atoms with Crippen molar-refractivity contribution in [3.8, 4) is 5.75 Å². The fourth-order valence-electron chi connectivity index (χ4n) is 2.42. The molecule has 0 spiro atoms. The van der Waals surface area contributed by atoms with E-state index in [1.807, 2.05) is 24.3 Å². The van der Waals surface area contributed by atoms with Gasteiger partial charge in [0, 0.05) is 5.69 Å². The van der Waals surface area contributed by atoms with E-state index in [2.05, 4.69) is 23.9 Å². The fourth-order valence-corrected chi connectivity index (χ4v) is 2.42. The number of amides is 1. The Bertz CT molecular complexity index is 723. The van der Waals surface area contributed by atoms with Crippen molar-refractivity contribution in [1.82, 2.24) is 0 Å². The van der Waals surface area contributed by atoms with Crippen LogP contribution in [0.5, 0.6) is 5.75 Å². The molecule has 0 heterocycles. The highest BCUT2D eigenvalue weighted by Gasteiger charge is 2.07. The predicted octanol–water partition coefficient (Wildman–Crippen LogP) is 3.93. The molecule has 2 aromatic rings. The van der Waals surface area contributed by atoms with Crippen molar-refractivity contribution in [3.63, 3.8) is 0 Å². The number of ether oxygens (including phenoxy) is 2. The summed E-state index contributed by atoms with van der Waals surface area (Å²) in [5.74, 6) is 0.559. The highest BCUT2D eigenvalue weighted by Crippen LogP contribution is 2.20. The van der Waals surface area contributed by atoms with Gasteiger partial charge < -0.3 is 14.8 Å². The number of hydrogen-bond donors (Lipinski definition) is 1. The van der Waals surface area contributed by atoms with Crippen molar-refractivity contribution in [3.05, 3.63) is 59.7 Å². The van der Waals surface area contributed by atoms with Gasteiger partial charge >= 0.3 is 5.97 Å². The van der Waals surface area contributed by atoms with Crippen LogP contribution in [0.4, 0.5) is 5.69 Å². The third-order valence-corrected chi connectivity index (χ3v) is 4.25. The van der Waals surface area contributed by atoms with E-state index in [-0.39, 0.29) is 24.9 Å². The van der Waals surface area contributed by atoms with Crippen molar-refractivity contribution in [1.29, 1.82) is 0 Å². The number of esters is 1. The largest absolute Gasteiger partial charge is 0.484 e. The van der Waals surface area contributed by atoms with Gasteiger partial charge in [0.15, 0.2) is 6.61 Å². The van der Waals surface area contributed by atoms with E-state index in [0.717, 1.165) is 17.7 Å². The van der Waals surface area contributed by atoms with Crippen LogP contribution in [0.1, 0.15) is 37.3 Å². The highest BCUT2D eigenvalue weighted by molar-refractivity contribution is 5.91. The Hall–Kier alpha value is -2.82. The van der Waals surface area contributed by atoms with Crippen LogP contribution in [0.25, 0.3) is 0 Å². The van der Waals surface area contributed by atoms with Gasteiger partial charge in [-0.1, -0.05) is 38.1 Å². The molecular weight excluding hydrogens is 330 g/mol. The molecule has 1 unspecified atom stereocenters. The lowest BCUT2D eigenvalue weighted by Gasteiger charge is -2.11. The van der Waals surface area contributed by atoms with Crippen molar-refractivity contribution in [2.75, 3.05) is 19.0 Å². The third-order valence-electron chi connectivity index (χ3n) is 4.25. The fraction of sp³-hybridized carbons (Fsp3) is 0.333. The number of carbonyl (C=O) groups is 2. The molecule has 1 atom stereocenters. The van der Waals surface area contributed by atoms with Crippen LogP contribution in [-0.4, -0.2) is 25.6 Å². The quantitative estimate of drug-likeness (QED) is 0.729. The summed E-state index contributed by atoms with van der Waals surface area (Å²) in [6.45, 7) is 4.25. The third kappa shape index (κ3) is 5.92.